The maximum atomic E-state index is 12.6. The number of rotatable bonds is 10. The van der Waals surface area contributed by atoms with Gasteiger partial charge in [-0.3, -0.25) is 14.4 Å². The van der Waals surface area contributed by atoms with Gasteiger partial charge in [0, 0.05) is 13.5 Å². The Morgan fingerprint density at radius 1 is 1.10 bits per heavy atom. The number of ketones is 1. The van der Waals surface area contributed by atoms with E-state index in [-0.39, 0.29) is 37.4 Å². The van der Waals surface area contributed by atoms with E-state index in [1.54, 1.807) is 0 Å². The number of carbonyl (C=O) groups excluding carboxylic acids is 3. The van der Waals surface area contributed by atoms with Gasteiger partial charge in [0.25, 0.3) is 0 Å². The highest BCUT2D eigenvalue weighted by Crippen LogP contribution is 2.31. The summed E-state index contributed by atoms with van der Waals surface area (Å²) < 4.78 is 5.12. The molecule has 2 aliphatic rings. The van der Waals surface area contributed by atoms with Gasteiger partial charge in [-0.2, -0.15) is 0 Å². The summed E-state index contributed by atoms with van der Waals surface area (Å²) in [6.07, 6.45) is 5.36. The number of amides is 2. The smallest absolute Gasteiger partial charge is 0.239 e. The maximum absolute atomic E-state index is 12.6. The molecule has 0 aromatic rings. The van der Waals surface area contributed by atoms with Gasteiger partial charge in [0.1, 0.15) is 0 Å². The number of hydrogen-bond acceptors (Lipinski definition) is 6. The first-order valence-corrected chi connectivity index (χ1v) is 10.6. The lowest BCUT2D eigenvalue weighted by atomic mass is 9.81. The van der Waals surface area contributed by atoms with Crippen molar-refractivity contribution in [2.24, 2.45) is 17.8 Å². The molecule has 0 radical (unpaired) electrons. The van der Waals surface area contributed by atoms with Crippen LogP contribution in [0.5, 0.6) is 0 Å². The van der Waals surface area contributed by atoms with Crippen molar-refractivity contribution in [1.29, 1.82) is 0 Å². The average molecular weight is 415 g/mol. The summed E-state index contributed by atoms with van der Waals surface area (Å²) >= 11 is 0. The Kier molecular flexibility index (Phi) is 10.8. The molecule has 8 nitrogen and oxygen atoms in total. The number of ether oxygens (including phenoxy) is 1. The fourth-order valence-corrected chi connectivity index (χ4v) is 3.71. The zero-order valence-corrected chi connectivity index (χ0v) is 18.2. The molecule has 1 aliphatic heterocycles. The van der Waals surface area contributed by atoms with Gasteiger partial charge < -0.3 is 25.6 Å². The molecule has 1 saturated heterocycles. The van der Waals surface area contributed by atoms with Gasteiger partial charge in [-0.25, -0.2) is 0 Å². The second-order valence-corrected chi connectivity index (χ2v) is 8.66. The molecule has 0 bridgehead atoms. The summed E-state index contributed by atoms with van der Waals surface area (Å²) in [6.45, 7) is 5.81. The maximum Gasteiger partial charge on any atom is 0.239 e. The van der Waals surface area contributed by atoms with Gasteiger partial charge in [0.05, 0.1) is 25.8 Å². The molecule has 29 heavy (non-hydrogen) atoms. The number of Topliss-reactive ketones (excluding diaryl/α,β-unsaturated/α-hetero) is 1. The average Bonchev–Trinajstić information content (AvgIpc) is 3.50. The van der Waals surface area contributed by atoms with Crippen LogP contribution in [0.3, 0.4) is 0 Å². The molecule has 8 heteroatoms. The third-order valence-corrected chi connectivity index (χ3v) is 5.61. The van der Waals surface area contributed by atoms with Crippen LogP contribution in [-0.2, 0) is 19.1 Å². The van der Waals surface area contributed by atoms with Crippen LogP contribution in [-0.4, -0.2) is 66.3 Å². The second-order valence-electron chi connectivity index (χ2n) is 8.66. The molecule has 1 saturated carbocycles. The highest BCUT2D eigenvalue weighted by Gasteiger charge is 2.54. The van der Waals surface area contributed by atoms with Gasteiger partial charge in [-0.15, -0.1) is 0 Å². The molecule has 2 rings (SSSR count). The number of epoxide rings is 1. The molecule has 2 atom stereocenters. The SMILES string of the molecule is CC(C)CC(NC(=O)CNC(=O)CC1CCC(C)CC1)C(=O)C1(CO)CO1.CO. The van der Waals surface area contributed by atoms with Crippen LogP contribution in [0.1, 0.15) is 59.3 Å². The molecular formula is C21H38N2O6. The molecule has 2 unspecified atom stereocenters. The first-order valence-electron chi connectivity index (χ1n) is 10.6. The molecule has 4 N–H and O–H groups in total. The normalized spacial score (nSPS) is 26.7. The summed E-state index contributed by atoms with van der Waals surface area (Å²) in [7, 11) is 1.00. The van der Waals surface area contributed by atoms with Crippen LogP contribution >= 0.6 is 0 Å². The molecule has 2 fully saturated rings. The first kappa shape index (κ1) is 25.5. The number of aliphatic hydroxyl groups excluding tert-OH is 2. The van der Waals surface area contributed by atoms with E-state index >= 15 is 0 Å². The van der Waals surface area contributed by atoms with Crippen molar-refractivity contribution in [2.45, 2.75) is 70.9 Å². The lowest BCUT2D eigenvalue weighted by Crippen LogP contribution is -2.51. The summed E-state index contributed by atoms with van der Waals surface area (Å²) in [4.78, 5) is 36.9. The Hall–Kier alpha value is -1.51. The van der Waals surface area contributed by atoms with E-state index in [1.807, 2.05) is 13.8 Å². The van der Waals surface area contributed by atoms with E-state index in [0.717, 1.165) is 38.7 Å². The standard InChI is InChI=1S/C20H34N2O5.CH4O/c1-13(2)8-16(19(26)20(11-23)12-27-20)22-18(25)10-21-17(24)9-15-6-4-14(3)5-7-15;1-2/h13-16,23H,4-12H2,1-3H3,(H,21,24)(H,22,25);2H,1H3. The van der Waals surface area contributed by atoms with Gasteiger partial charge in [-0.1, -0.05) is 33.6 Å². The predicted molar refractivity (Wildman–Crippen MR) is 109 cm³/mol. The van der Waals surface area contributed by atoms with E-state index in [9.17, 15) is 19.5 Å². The zero-order chi connectivity index (χ0) is 22.0. The summed E-state index contributed by atoms with van der Waals surface area (Å²) in [6, 6.07) is -0.719. The van der Waals surface area contributed by atoms with Crippen LogP contribution in [0.15, 0.2) is 0 Å². The zero-order valence-electron chi connectivity index (χ0n) is 18.2. The van der Waals surface area contributed by atoms with Crippen LogP contribution in [0.25, 0.3) is 0 Å². The highest BCUT2D eigenvalue weighted by molar-refractivity contribution is 5.97. The van der Waals surface area contributed by atoms with E-state index in [0.29, 0.717) is 18.8 Å². The fraction of sp³-hybridized carbons (Fsp3) is 0.857. The van der Waals surface area contributed by atoms with Crippen LogP contribution < -0.4 is 10.6 Å². The minimum atomic E-state index is -1.16. The minimum Gasteiger partial charge on any atom is -0.400 e. The third-order valence-electron chi connectivity index (χ3n) is 5.61. The number of hydrogen-bond donors (Lipinski definition) is 4. The van der Waals surface area contributed by atoms with Crippen molar-refractivity contribution < 1.29 is 29.3 Å². The predicted octanol–water partition coefficient (Wildman–Crippen LogP) is 0.789. The third kappa shape index (κ3) is 8.40. The quantitative estimate of drug-likeness (QED) is 0.391. The molecule has 2 amide bonds. The van der Waals surface area contributed by atoms with E-state index in [1.165, 1.54) is 0 Å². The minimum absolute atomic E-state index is 0.117. The topological polar surface area (TPSA) is 128 Å². The lowest BCUT2D eigenvalue weighted by molar-refractivity contribution is -0.132. The van der Waals surface area contributed by atoms with Gasteiger partial charge in [-0.05, 0) is 37.0 Å². The number of carbonyl (C=O) groups is 3. The van der Waals surface area contributed by atoms with Gasteiger partial charge in [0.2, 0.25) is 11.8 Å². The number of nitrogens with one attached hydrogen (secondary N) is 2. The fourth-order valence-electron chi connectivity index (χ4n) is 3.71. The molecule has 1 heterocycles. The van der Waals surface area contributed by atoms with E-state index in [4.69, 9.17) is 9.84 Å². The van der Waals surface area contributed by atoms with Crippen molar-refractivity contribution in [1.82, 2.24) is 10.6 Å². The summed E-state index contributed by atoms with van der Waals surface area (Å²) in [5.74, 6) is 0.521. The summed E-state index contributed by atoms with van der Waals surface area (Å²) in [5.41, 5.74) is -1.16. The molecule has 0 aromatic carbocycles. The van der Waals surface area contributed by atoms with Crippen molar-refractivity contribution in [3.05, 3.63) is 0 Å². The Morgan fingerprint density at radius 3 is 2.17 bits per heavy atom. The van der Waals surface area contributed by atoms with Crippen molar-refractivity contribution in [2.75, 3.05) is 26.9 Å². The van der Waals surface area contributed by atoms with Crippen LogP contribution in [0.2, 0.25) is 0 Å². The van der Waals surface area contributed by atoms with Crippen molar-refractivity contribution in [3.63, 3.8) is 0 Å². The van der Waals surface area contributed by atoms with Crippen molar-refractivity contribution >= 4 is 17.6 Å². The number of aliphatic hydroxyl groups is 2. The Labute approximate surface area is 173 Å². The molecule has 0 spiro atoms. The highest BCUT2D eigenvalue weighted by atomic mass is 16.6. The lowest BCUT2D eigenvalue weighted by Gasteiger charge is -2.25. The molecular weight excluding hydrogens is 376 g/mol. The summed E-state index contributed by atoms with van der Waals surface area (Å²) in [5, 5.41) is 21.7. The molecule has 1 aliphatic carbocycles. The molecule has 0 aromatic heterocycles. The van der Waals surface area contributed by atoms with E-state index < -0.39 is 17.6 Å². The first-order chi connectivity index (χ1) is 13.8. The van der Waals surface area contributed by atoms with Gasteiger partial charge >= 0.3 is 0 Å². The second kappa shape index (κ2) is 12.2. The Bertz CT molecular complexity index is 539. The van der Waals surface area contributed by atoms with Crippen LogP contribution in [0.4, 0.5) is 0 Å². The monoisotopic (exact) mass is 414 g/mol. The van der Waals surface area contributed by atoms with Gasteiger partial charge in [0.15, 0.2) is 11.4 Å². The van der Waals surface area contributed by atoms with E-state index in [2.05, 4.69) is 17.6 Å². The van der Waals surface area contributed by atoms with Crippen LogP contribution in [0, 0.1) is 17.8 Å². The Balaban J connectivity index is 0.00000204. The largest absolute Gasteiger partial charge is 0.400 e. The van der Waals surface area contributed by atoms with Crippen molar-refractivity contribution in [3.8, 4) is 0 Å². The molecule has 168 valence electrons. The Morgan fingerprint density at radius 2 is 1.69 bits per heavy atom.